The number of allylic oxidation sites excluding steroid dienone is 2. The molecule has 1 aromatic carbocycles. The molecule has 5 nitrogen and oxygen atoms in total. The van der Waals surface area contributed by atoms with Gasteiger partial charge in [-0.05, 0) is 55.0 Å². The molecule has 2 aliphatic rings. The zero-order valence-corrected chi connectivity index (χ0v) is 19.1. The van der Waals surface area contributed by atoms with Crippen molar-refractivity contribution >= 4 is 23.0 Å². The Morgan fingerprint density at radius 2 is 2.03 bits per heavy atom. The van der Waals surface area contributed by atoms with Crippen LogP contribution >= 0.6 is 12.2 Å². The van der Waals surface area contributed by atoms with Gasteiger partial charge in [0, 0.05) is 36.8 Å². The van der Waals surface area contributed by atoms with Crippen LogP contribution < -0.4 is 5.32 Å². The minimum absolute atomic E-state index is 0.0262. The van der Waals surface area contributed by atoms with Crippen LogP contribution in [0.15, 0.2) is 54.4 Å². The van der Waals surface area contributed by atoms with E-state index in [0.29, 0.717) is 17.1 Å². The van der Waals surface area contributed by atoms with Crippen molar-refractivity contribution in [1.29, 1.82) is 0 Å². The van der Waals surface area contributed by atoms with Crippen LogP contribution in [-0.2, 0) is 6.42 Å². The third-order valence-corrected chi connectivity index (χ3v) is 6.21. The van der Waals surface area contributed by atoms with E-state index in [2.05, 4.69) is 67.7 Å². The number of thiocarbonyl (C=S) groups is 1. The van der Waals surface area contributed by atoms with E-state index in [0.717, 1.165) is 23.4 Å². The fourth-order valence-electron chi connectivity index (χ4n) is 4.18. The van der Waals surface area contributed by atoms with Gasteiger partial charge in [0.15, 0.2) is 5.11 Å². The Bertz CT molecular complexity index is 963. The van der Waals surface area contributed by atoms with Gasteiger partial charge in [0.2, 0.25) is 0 Å². The van der Waals surface area contributed by atoms with Crippen LogP contribution in [0.2, 0.25) is 0 Å². The highest BCUT2D eigenvalue weighted by molar-refractivity contribution is 7.80. The Balaban J connectivity index is 2.15. The van der Waals surface area contributed by atoms with Crippen LogP contribution in [0, 0.1) is 5.41 Å². The highest BCUT2D eigenvalue weighted by atomic mass is 32.1. The highest BCUT2D eigenvalue weighted by Crippen LogP contribution is 2.42. The molecule has 0 saturated carbocycles. The van der Waals surface area contributed by atoms with Gasteiger partial charge in [0.1, 0.15) is 11.5 Å². The van der Waals surface area contributed by atoms with Gasteiger partial charge in [-0.2, -0.15) is 0 Å². The number of benzene rings is 1. The largest absolute Gasteiger partial charge is 0.508 e. The number of fused-ring (bicyclic) bond motifs is 1. The van der Waals surface area contributed by atoms with E-state index in [9.17, 15) is 10.2 Å². The van der Waals surface area contributed by atoms with Crippen molar-refractivity contribution in [2.24, 2.45) is 5.41 Å². The summed E-state index contributed by atoms with van der Waals surface area (Å²) in [5.74, 6) is 0.127. The minimum atomic E-state index is -0.149. The predicted molar refractivity (Wildman–Crippen MR) is 127 cm³/mol. The quantitative estimate of drug-likeness (QED) is 0.604. The van der Waals surface area contributed by atoms with E-state index in [1.807, 2.05) is 17.9 Å². The molecule has 0 bridgehead atoms. The van der Waals surface area contributed by atoms with Crippen LogP contribution in [0.4, 0.5) is 0 Å². The maximum Gasteiger partial charge on any atom is 0.177 e. The lowest BCUT2D eigenvalue weighted by Gasteiger charge is -2.37. The molecule has 2 unspecified atom stereocenters. The van der Waals surface area contributed by atoms with Gasteiger partial charge in [0.25, 0.3) is 0 Å². The smallest absolute Gasteiger partial charge is 0.177 e. The van der Waals surface area contributed by atoms with Crippen LogP contribution in [0.5, 0.6) is 11.5 Å². The molecule has 1 aliphatic heterocycles. The molecule has 1 aromatic rings. The fourth-order valence-corrected chi connectivity index (χ4v) is 4.39. The number of nitrogens with zero attached hydrogens (tertiary/aromatic N) is 2. The molecule has 1 aliphatic carbocycles. The summed E-state index contributed by atoms with van der Waals surface area (Å²) < 4.78 is 0. The Hall–Kier alpha value is -2.73. The first-order chi connectivity index (χ1) is 14.3. The zero-order chi connectivity index (χ0) is 22.1. The van der Waals surface area contributed by atoms with Crippen molar-refractivity contribution in [1.82, 2.24) is 15.1 Å². The molecular formula is C24H31N3O2S. The molecule has 1 heterocycles. The second-order valence-corrected chi connectivity index (χ2v) is 8.35. The summed E-state index contributed by atoms with van der Waals surface area (Å²) in [6.45, 7) is 6.24. The lowest BCUT2D eigenvalue weighted by Crippen LogP contribution is -2.40. The maximum absolute atomic E-state index is 10.7. The van der Waals surface area contributed by atoms with Crippen LogP contribution in [0.1, 0.15) is 38.3 Å². The maximum atomic E-state index is 10.7. The van der Waals surface area contributed by atoms with Crippen molar-refractivity contribution in [3.05, 3.63) is 65.5 Å². The van der Waals surface area contributed by atoms with E-state index >= 15 is 0 Å². The van der Waals surface area contributed by atoms with Crippen molar-refractivity contribution in [2.75, 3.05) is 14.1 Å². The van der Waals surface area contributed by atoms with E-state index in [-0.39, 0.29) is 23.0 Å². The second-order valence-electron chi connectivity index (χ2n) is 7.96. The molecular weight excluding hydrogens is 394 g/mol. The molecule has 0 fully saturated rings. The lowest BCUT2D eigenvalue weighted by atomic mass is 9.80. The lowest BCUT2D eigenvalue weighted by molar-refractivity contribution is 0.305. The van der Waals surface area contributed by atoms with Gasteiger partial charge in [-0.3, -0.25) is 4.90 Å². The van der Waals surface area contributed by atoms with Gasteiger partial charge in [-0.1, -0.05) is 39.0 Å². The predicted octanol–water partition coefficient (Wildman–Crippen LogP) is 4.51. The highest BCUT2D eigenvalue weighted by Gasteiger charge is 2.38. The summed E-state index contributed by atoms with van der Waals surface area (Å²) in [7, 11) is 3.88. The SMILES string of the molecule is CCC=C(c1cc(CC)c(O)cc1O)N(C(=S)NC)C1=CC2(C)C=CN(C)C2C=C1. The summed E-state index contributed by atoms with van der Waals surface area (Å²) in [4.78, 5) is 4.17. The van der Waals surface area contributed by atoms with E-state index in [1.165, 1.54) is 6.07 Å². The number of hydrogen-bond acceptors (Lipinski definition) is 4. The van der Waals surface area contributed by atoms with Gasteiger partial charge < -0.3 is 20.4 Å². The second kappa shape index (κ2) is 8.56. The van der Waals surface area contributed by atoms with Crippen LogP contribution in [-0.4, -0.2) is 45.3 Å². The van der Waals surface area contributed by atoms with Crippen molar-refractivity contribution in [3.63, 3.8) is 0 Å². The van der Waals surface area contributed by atoms with Crippen molar-refractivity contribution in [3.8, 4) is 11.5 Å². The Morgan fingerprint density at radius 1 is 1.30 bits per heavy atom. The standard InChI is InChI=1S/C24H31N3O2S/c1-6-8-19(18-13-16(7-2)20(28)14-21(18)29)27(23(30)25-4)17-9-10-22-24(3,15-17)11-12-26(22)5/h8-15,22,28-29H,6-7H2,1-5H3,(H,25,30). The Labute approximate surface area is 184 Å². The number of nitrogens with one attached hydrogen (secondary N) is 1. The Kier molecular flexibility index (Phi) is 6.27. The molecule has 0 aromatic heterocycles. The summed E-state index contributed by atoms with van der Waals surface area (Å²) in [5.41, 5.74) is 3.00. The third kappa shape index (κ3) is 3.84. The van der Waals surface area contributed by atoms with Gasteiger partial charge in [0.05, 0.1) is 11.7 Å². The molecule has 0 spiro atoms. The molecule has 0 amide bonds. The molecule has 160 valence electrons. The summed E-state index contributed by atoms with van der Waals surface area (Å²) in [6.07, 6.45) is 14.3. The van der Waals surface area contributed by atoms with Gasteiger partial charge >= 0.3 is 0 Å². The Morgan fingerprint density at radius 3 is 2.67 bits per heavy atom. The average molecular weight is 426 g/mol. The zero-order valence-electron chi connectivity index (χ0n) is 18.3. The van der Waals surface area contributed by atoms with Crippen molar-refractivity contribution < 1.29 is 10.2 Å². The minimum Gasteiger partial charge on any atom is -0.508 e. The number of phenolic OH excluding ortho intramolecular Hbond substituents is 2. The number of aromatic hydroxyl groups is 2. The summed E-state index contributed by atoms with van der Waals surface area (Å²) in [6, 6.07) is 3.52. The summed E-state index contributed by atoms with van der Waals surface area (Å²) >= 11 is 5.70. The van der Waals surface area contributed by atoms with Gasteiger partial charge in [-0.15, -0.1) is 0 Å². The van der Waals surface area contributed by atoms with Crippen molar-refractivity contribution in [2.45, 2.75) is 39.7 Å². The molecule has 2 atom stereocenters. The molecule has 30 heavy (non-hydrogen) atoms. The molecule has 0 saturated heterocycles. The molecule has 6 heteroatoms. The number of likely N-dealkylation sites (N-methyl/N-ethyl adjacent to an activating group) is 1. The van der Waals surface area contributed by atoms with E-state index < -0.39 is 0 Å². The molecule has 3 N–H and O–H groups in total. The first kappa shape index (κ1) is 22.0. The van der Waals surface area contributed by atoms with Crippen LogP contribution in [0.3, 0.4) is 0 Å². The van der Waals surface area contributed by atoms with Crippen LogP contribution in [0.25, 0.3) is 5.70 Å². The number of hydrogen-bond donors (Lipinski definition) is 3. The summed E-state index contributed by atoms with van der Waals surface area (Å²) in [5, 5.41) is 24.5. The molecule has 0 radical (unpaired) electrons. The van der Waals surface area contributed by atoms with Gasteiger partial charge in [-0.25, -0.2) is 0 Å². The van der Waals surface area contributed by atoms with E-state index in [4.69, 9.17) is 12.2 Å². The first-order valence-corrected chi connectivity index (χ1v) is 10.8. The molecule has 3 rings (SSSR count). The topological polar surface area (TPSA) is 59.0 Å². The number of phenols is 2. The monoisotopic (exact) mass is 425 g/mol. The fraction of sp³-hybridized carbons (Fsp3) is 0.375. The average Bonchev–Trinajstić information content (AvgIpc) is 3.01. The first-order valence-electron chi connectivity index (χ1n) is 10.3. The van der Waals surface area contributed by atoms with E-state index in [1.54, 1.807) is 7.05 Å². The number of rotatable bonds is 5. The third-order valence-electron chi connectivity index (χ3n) is 5.82. The normalized spacial score (nSPS) is 22.7. The number of aryl methyl sites for hydroxylation is 1.